The molecule has 3 aromatic rings. The molecular formula is C21H20N4O5S. The Morgan fingerprint density at radius 1 is 1.13 bits per heavy atom. The van der Waals surface area contributed by atoms with Crippen molar-refractivity contribution >= 4 is 9.84 Å². The van der Waals surface area contributed by atoms with E-state index in [0.717, 1.165) is 29.0 Å². The predicted molar refractivity (Wildman–Crippen MR) is 112 cm³/mol. The minimum atomic E-state index is -3.56. The van der Waals surface area contributed by atoms with E-state index in [1.807, 2.05) is 36.4 Å². The maximum absolute atomic E-state index is 12.4. The fourth-order valence-corrected chi connectivity index (χ4v) is 4.34. The van der Waals surface area contributed by atoms with Crippen molar-refractivity contribution in [1.82, 2.24) is 19.9 Å². The lowest BCUT2D eigenvalue weighted by atomic mass is 10.1. The maximum Gasteiger partial charge on any atom is 0.256 e. The number of nitrogens with one attached hydrogen (secondary N) is 1. The van der Waals surface area contributed by atoms with Gasteiger partial charge >= 0.3 is 0 Å². The SMILES string of the molecule is CS(=O)(=O)c1nc2c(c(=O)[nH]1)CN(Cc1cccc(-c3ccc4c(c3)OCO4)n1)CC2. The van der Waals surface area contributed by atoms with Gasteiger partial charge < -0.3 is 9.47 Å². The molecule has 0 unspecified atom stereocenters. The van der Waals surface area contributed by atoms with Gasteiger partial charge in [0.25, 0.3) is 5.56 Å². The Labute approximate surface area is 178 Å². The van der Waals surface area contributed by atoms with Crippen LogP contribution in [0, 0.1) is 0 Å². The first kappa shape index (κ1) is 19.7. The van der Waals surface area contributed by atoms with Gasteiger partial charge in [-0.3, -0.25) is 19.7 Å². The van der Waals surface area contributed by atoms with Crippen LogP contribution in [0.5, 0.6) is 11.5 Å². The topological polar surface area (TPSA) is 114 Å². The zero-order chi connectivity index (χ0) is 21.6. The number of sulfone groups is 1. The number of nitrogens with zero attached hydrogens (tertiary/aromatic N) is 3. The van der Waals surface area contributed by atoms with Crippen LogP contribution in [0.3, 0.4) is 0 Å². The van der Waals surface area contributed by atoms with Crippen molar-refractivity contribution in [2.45, 2.75) is 24.7 Å². The molecule has 1 aromatic carbocycles. The molecule has 0 bridgehead atoms. The number of hydrogen-bond donors (Lipinski definition) is 1. The summed E-state index contributed by atoms with van der Waals surface area (Å²) < 4.78 is 34.3. The van der Waals surface area contributed by atoms with Crippen LogP contribution in [0.4, 0.5) is 0 Å². The second kappa shape index (κ2) is 7.47. The monoisotopic (exact) mass is 440 g/mol. The van der Waals surface area contributed by atoms with Gasteiger partial charge in [-0.05, 0) is 30.3 Å². The van der Waals surface area contributed by atoms with Crippen LogP contribution in [0.25, 0.3) is 11.3 Å². The van der Waals surface area contributed by atoms with E-state index < -0.39 is 15.4 Å². The van der Waals surface area contributed by atoms with Gasteiger partial charge in [0.05, 0.1) is 22.6 Å². The number of hydrogen-bond acceptors (Lipinski definition) is 8. The highest BCUT2D eigenvalue weighted by Gasteiger charge is 2.24. The van der Waals surface area contributed by atoms with Crippen LogP contribution in [0.15, 0.2) is 46.3 Å². The molecule has 0 saturated heterocycles. The molecule has 31 heavy (non-hydrogen) atoms. The second-order valence-electron chi connectivity index (χ2n) is 7.61. The molecule has 0 atom stereocenters. The smallest absolute Gasteiger partial charge is 0.256 e. The number of fused-ring (bicyclic) bond motifs is 2. The molecule has 4 heterocycles. The highest BCUT2D eigenvalue weighted by Crippen LogP contribution is 2.35. The first-order valence-corrected chi connectivity index (χ1v) is 11.7. The molecule has 0 fully saturated rings. The molecule has 0 amide bonds. The van der Waals surface area contributed by atoms with Crippen molar-refractivity contribution in [1.29, 1.82) is 0 Å². The van der Waals surface area contributed by atoms with E-state index >= 15 is 0 Å². The average Bonchev–Trinajstić information content (AvgIpc) is 3.21. The third-order valence-electron chi connectivity index (χ3n) is 5.34. The Kier molecular flexibility index (Phi) is 4.75. The van der Waals surface area contributed by atoms with Crippen LogP contribution in [-0.4, -0.2) is 47.9 Å². The van der Waals surface area contributed by atoms with Gasteiger partial charge in [0, 0.05) is 37.9 Å². The molecule has 2 aliphatic heterocycles. The van der Waals surface area contributed by atoms with Gasteiger partial charge in [-0.2, -0.15) is 0 Å². The summed E-state index contributed by atoms with van der Waals surface area (Å²) in [6.45, 7) is 1.83. The molecular weight excluding hydrogens is 420 g/mol. The van der Waals surface area contributed by atoms with Gasteiger partial charge in [0.1, 0.15) is 0 Å². The number of H-pyrrole nitrogens is 1. The van der Waals surface area contributed by atoms with Crippen molar-refractivity contribution in [3.05, 3.63) is 63.7 Å². The molecule has 0 aliphatic carbocycles. The van der Waals surface area contributed by atoms with Gasteiger partial charge in [-0.25, -0.2) is 13.4 Å². The Balaban J connectivity index is 1.36. The molecule has 0 spiro atoms. The number of aromatic amines is 1. The minimum absolute atomic E-state index is 0.225. The lowest BCUT2D eigenvalue weighted by molar-refractivity contribution is 0.174. The first-order chi connectivity index (χ1) is 14.9. The first-order valence-electron chi connectivity index (χ1n) is 9.77. The number of rotatable bonds is 4. The van der Waals surface area contributed by atoms with Crippen LogP contribution in [-0.2, 0) is 29.3 Å². The summed E-state index contributed by atoms with van der Waals surface area (Å²) in [5.74, 6) is 1.43. The lowest BCUT2D eigenvalue weighted by Crippen LogP contribution is -2.36. The summed E-state index contributed by atoms with van der Waals surface area (Å²) in [6, 6.07) is 11.6. The Hall–Kier alpha value is -3.24. The fourth-order valence-electron chi connectivity index (χ4n) is 3.78. The van der Waals surface area contributed by atoms with Gasteiger partial charge in [0.15, 0.2) is 11.5 Å². The van der Waals surface area contributed by atoms with Crippen molar-refractivity contribution in [3.8, 4) is 22.8 Å². The minimum Gasteiger partial charge on any atom is -0.454 e. The predicted octanol–water partition coefficient (Wildman–Crippen LogP) is 1.52. The molecule has 1 N–H and O–H groups in total. The Bertz CT molecular complexity index is 1340. The van der Waals surface area contributed by atoms with Crippen molar-refractivity contribution < 1.29 is 17.9 Å². The standard InChI is InChI=1S/C21H20N4O5S/c1-31(27,28)21-23-17-7-8-25(11-15(17)20(26)24-21)10-14-3-2-4-16(22-14)13-5-6-18-19(9-13)30-12-29-18/h2-6,9H,7-8,10-12H2,1H3,(H,23,24,26). The summed E-state index contributed by atoms with van der Waals surface area (Å²) in [7, 11) is -3.56. The summed E-state index contributed by atoms with van der Waals surface area (Å²) in [6.07, 6.45) is 1.54. The molecule has 9 nitrogen and oxygen atoms in total. The summed E-state index contributed by atoms with van der Waals surface area (Å²) in [5, 5.41) is -0.275. The molecule has 2 aliphatic rings. The molecule has 2 aromatic heterocycles. The van der Waals surface area contributed by atoms with E-state index in [4.69, 9.17) is 14.5 Å². The van der Waals surface area contributed by atoms with Crippen LogP contribution in [0.2, 0.25) is 0 Å². The Morgan fingerprint density at radius 3 is 2.81 bits per heavy atom. The van der Waals surface area contributed by atoms with E-state index in [-0.39, 0.29) is 11.9 Å². The Morgan fingerprint density at radius 2 is 1.97 bits per heavy atom. The van der Waals surface area contributed by atoms with E-state index in [1.165, 1.54) is 0 Å². The summed E-state index contributed by atoms with van der Waals surface area (Å²) >= 11 is 0. The van der Waals surface area contributed by atoms with E-state index in [2.05, 4.69) is 14.9 Å². The average molecular weight is 440 g/mol. The van der Waals surface area contributed by atoms with Gasteiger partial charge in [-0.1, -0.05) is 6.07 Å². The van der Waals surface area contributed by atoms with Crippen molar-refractivity contribution in [2.24, 2.45) is 0 Å². The molecule has 5 rings (SSSR count). The number of ether oxygens (including phenoxy) is 2. The highest BCUT2D eigenvalue weighted by molar-refractivity contribution is 7.90. The van der Waals surface area contributed by atoms with Crippen LogP contribution in [0.1, 0.15) is 17.0 Å². The molecule has 0 saturated carbocycles. The van der Waals surface area contributed by atoms with Crippen LogP contribution < -0.4 is 15.0 Å². The van der Waals surface area contributed by atoms with Crippen LogP contribution >= 0.6 is 0 Å². The quantitative estimate of drug-likeness (QED) is 0.608. The molecule has 10 heteroatoms. The van der Waals surface area contributed by atoms with Crippen molar-refractivity contribution in [3.63, 3.8) is 0 Å². The van der Waals surface area contributed by atoms with E-state index in [1.54, 1.807) is 0 Å². The number of aromatic nitrogens is 3. The summed E-state index contributed by atoms with van der Waals surface area (Å²) in [5.41, 5.74) is 3.27. The van der Waals surface area contributed by atoms with E-state index in [0.29, 0.717) is 43.1 Å². The molecule has 0 radical (unpaired) electrons. The van der Waals surface area contributed by atoms with Gasteiger partial charge in [0.2, 0.25) is 21.8 Å². The highest BCUT2D eigenvalue weighted by atomic mass is 32.2. The second-order valence-corrected chi connectivity index (χ2v) is 9.54. The third-order valence-corrected chi connectivity index (χ3v) is 6.23. The normalized spacial score (nSPS) is 15.6. The lowest BCUT2D eigenvalue weighted by Gasteiger charge is -2.27. The third kappa shape index (κ3) is 3.91. The number of pyridine rings is 1. The number of benzene rings is 1. The zero-order valence-electron chi connectivity index (χ0n) is 16.8. The van der Waals surface area contributed by atoms with Crippen molar-refractivity contribution in [2.75, 3.05) is 19.6 Å². The van der Waals surface area contributed by atoms with E-state index in [9.17, 15) is 13.2 Å². The zero-order valence-corrected chi connectivity index (χ0v) is 17.6. The largest absolute Gasteiger partial charge is 0.454 e. The summed E-state index contributed by atoms with van der Waals surface area (Å²) in [4.78, 5) is 25.9. The van der Waals surface area contributed by atoms with Gasteiger partial charge in [-0.15, -0.1) is 0 Å². The molecule has 160 valence electrons. The maximum atomic E-state index is 12.4. The fraction of sp³-hybridized carbons (Fsp3) is 0.286.